The van der Waals surface area contributed by atoms with Gasteiger partial charge in [-0.3, -0.25) is 14.2 Å². The molecule has 2 aromatic rings. The summed E-state index contributed by atoms with van der Waals surface area (Å²) in [5.41, 5.74) is 0.734. The molecule has 1 aromatic heterocycles. The molecule has 1 heterocycles. The molecule has 1 aliphatic carbocycles. The molecule has 1 saturated carbocycles. The summed E-state index contributed by atoms with van der Waals surface area (Å²) in [6.45, 7) is 2.19. The third-order valence-electron chi connectivity index (χ3n) is 4.03. The summed E-state index contributed by atoms with van der Waals surface area (Å²) >= 11 is 0. The summed E-state index contributed by atoms with van der Waals surface area (Å²) in [6, 6.07) is 7.18. The van der Waals surface area contributed by atoms with Crippen LogP contribution >= 0.6 is 0 Å². The van der Waals surface area contributed by atoms with Crippen molar-refractivity contribution in [2.24, 2.45) is 0 Å². The van der Waals surface area contributed by atoms with Crippen molar-refractivity contribution in [3.8, 4) is 5.75 Å². The molecule has 0 saturated heterocycles. The van der Waals surface area contributed by atoms with E-state index in [1.807, 2.05) is 0 Å². The van der Waals surface area contributed by atoms with E-state index in [0.717, 1.165) is 18.5 Å². The highest BCUT2D eigenvalue weighted by atomic mass is 19.1. The minimum Gasteiger partial charge on any atom is -0.481 e. The Morgan fingerprint density at radius 1 is 1.44 bits per heavy atom. The Labute approximate surface area is 144 Å². The van der Waals surface area contributed by atoms with Crippen molar-refractivity contribution in [2.45, 2.75) is 38.3 Å². The van der Waals surface area contributed by atoms with Gasteiger partial charge in [-0.2, -0.15) is 0 Å². The Morgan fingerprint density at radius 2 is 2.24 bits per heavy atom. The first-order valence-electron chi connectivity index (χ1n) is 8.29. The molecule has 0 aliphatic heterocycles. The minimum atomic E-state index is -0.770. The zero-order valence-electron chi connectivity index (χ0n) is 13.9. The van der Waals surface area contributed by atoms with E-state index in [4.69, 9.17) is 4.74 Å². The fourth-order valence-electron chi connectivity index (χ4n) is 2.45. The predicted molar refractivity (Wildman–Crippen MR) is 90.0 cm³/mol. The number of aromatic nitrogens is 2. The average Bonchev–Trinajstić information content (AvgIpc) is 3.41. The lowest BCUT2D eigenvalue weighted by Gasteiger charge is -2.15. The molecule has 0 spiro atoms. The van der Waals surface area contributed by atoms with Crippen molar-refractivity contribution >= 4 is 5.91 Å². The van der Waals surface area contributed by atoms with Gasteiger partial charge in [0.15, 0.2) is 6.10 Å². The molecule has 1 fully saturated rings. The van der Waals surface area contributed by atoms with Crippen LogP contribution in [0.25, 0.3) is 0 Å². The van der Waals surface area contributed by atoms with Gasteiger partial charge in [0.25, 0.3) is 11.5 Å². The van der Waals surface area contributed by atoms with E-state index in [1.54, 1.807) is 19.1 Å². The highest BCUT2D eigenvalue weighted by Gasteiger charge is 2.25. The zero-order valence-corrected chi connectivity index (χ0v) is 13.9. The molecule has 1 unspecified atom stereocenters. The molecule has 0 radical (unpaired) electrons. The van der Waals surface area contributed by atoms with Gasteiger partial charge in [-0.15, -0.1) is 0 Å². The SMILES string of the molecule is CC(Oc1cccc(F)c1)C(=O)NCCn1cnc(C2CC2)cc1=O. The molecule has 3 rings (SSSR count). The maximum Gasteiger partial charge on any atom is 0.260 e. The highest BCUT2D eigenvalue weighted by Crippen LogP contribution is 2.38. The normalized spacial score (nSPS) is 14.8. The number of nitrogens with one attached hydrogen (secondary N) is 1. The van der Waals surface area contributed by atoms with Gasteiger partial charge in [-0.25, -0.2) is 9.37 Å². The fourth-order valence-corrected chi connectivity index (χ4v) is 2.45. The van der Waals surface area contributed by atoms with Crippen LogP contribution < -0.4 is 15.6 Å². The Kier molecular flexibility index (Phi) is 5.11. The predicted octanol–water partition coefficient (Wildman–Crippen LogP) is 1.84. The lowest BCUT2D eigenvalue weighted by Crippen LogP contribution is -2.38. The summed E-state index contributed by atoms with van der Waals surface area (Å²) in [5, 5.41) is 2.70. The number of halogens is 1. The average molecular weight is 345 g/mol. The van der Waals surface area contributed by atoms with E-state index in [2.05, 4.69) is 10.3 Å². The van der Waals surface area contributed by atoms with Gasteiger partial charge in [0.2, 0.25) is 0 Å². The van der Waals surface area contributed by atoms with E-state index in [9.17, 15) is 14.0 Å². The molecule has 0 bridgehead atoms. The van der Waals surface area contributed by atoms with Crippen molar-refractivity contribution < 1.29 is 13.9 Å². The summed E-state index contributed by atoms with van der Waals surface area (Å²) in [7, 11) is 0. The summed E-state index contributed by atoms with van der Waals surface area (Å²) in [4.78, 5) is 28.3. The van der Waals surface area contributed by atoms with Gasteiger partial charge in [-0.1, -0.05) is 6.07 Å². The second kappa shape index (κ2) is 7.46. The molecule has 25 heavy (non-hydrogen) atoms. The topological polar surface area (TPSA) is 73.2 Å². The number of benzene rings is 1. The van der Waals surface area contributed by atoms with Crippen LogP contribution in [0.15, 0.2) is 41.5 Å². The summed E-state index contributed by atoms with van der Waals surface area (Å²) < 4.78 is 20.0. The van der Waals surface area contributed by atoms with Crippen LogP contribution in [-0.4, -0.2) is 28.1 Å². The van der Waals surface area contributed by atoms with Crippen molar-refractivity contribution in [1.29, 1.82) is 0 Å². The fraction of sp³-hybridized carbons (Fsp3) is 0.389. The van der Waals surface area contributed by atoms with Crippen molar-refractivity contribution in [3.05, 3.63) is 58.5 Å². The van der Waals surface area contributed by atoms with Crippen LogP contribution in [0.2, 0.25) is 0 Å². The first kappa shape index (κ1) is 17.1. The van der Waals surface area contributed by atoms with Gasteiger partial charge in [0.05, 0.1) is 12.0 Å². The molecular formula is C18H20FN3O3. The Hall–Kier alpha value is -2.70. The van der Waals surface area contributed by atoms with Crippen LogP contribution in [0.1, 0.15) is 31.4 Å². The van der Waals surface area contributed by atoms with Gasteiger partial charge in [-0.05, 0) is 31.9 Å². The Bertz CT molecular complexity index is 817. The minimum absolute atomic E-state index is 0.116. The summed E-state index contributed by atoms with van der Waals surface area (Å²) in [6.07, 6.45) is 2.94. The molecule has 1 amide bonds. The van der Waals surface area contributed by atoms with Crippen LogP contribution in [0, 0.1) is 5.82 Å². The number of nitrogens with zero attached hydrogens (tertiary/aromatic N) is 2. The lowest BCUT2D eigenvalue weighted by atomic mass is 10.3. The lowest BCUT2D eigenvalue weighted by molar-refractivity contribution is -0.127. The van der Waals surface area contributed by atoms with Crippen LogP contribution in [0.3, 0.4) is 0 Å². The van der Waals surface area contributed by atoms with Gasteiger partial charge in [0.1, 0.15) is 11.6 Å². The van der Waals surface area contributed by atoms with Gasteiger partial charge in [0, 0.05) is 31.1 Å². The molecule has 1 aromatic carbocycles. The Balaban J connectivity index is 1.48. The number of hydrogen-bond acceptors (Lipinski definition) is 4. The van der Waals surface area contributed by atoms with Crippen LogP contribution in [-0.2, 0) is 11.3 Å². The number of rotatable bonds is 7. The number of carbonyl (C=O) groups is 1. The molecular weight excluding hydrogens is 325 g/mol. The number of amides is 1. The molecule has 1 atom stereocenters. The van der Waals surface area contributed by atoms with Crippen molar-refractivity contribution in [3.63, 3.8) is 0 Å². The van der Waals surface area contributed by atoms with E-state index in [0.29, 0.717) is 18.2 Å². The molecule has 1 N–H and O–H groups in total. The number of hydrogen-bond donors (Lipinski definition) is 1. The first-order valence-corrected chi connectivity index (χ1v) is 8.29. The molecule has 132 valence electrons. The standard InChI is InChI=1S/C18H20FN3O3/c1-12(25-15-4-2-3-14(19)9-15)18(24)20-7-8-22-11-21-16(10-17(22)23)13-5-6-13/h2-4,9-13H,5-8H2,1H3,(H,20,24). The van der Waals surface area contributed by atoms with E-state index in [1.165, 1.54) is 29.1 Å². The smallest absolute Gasteiger partial charge is 0.260 e. The van der Waals surface area contributed by atoms with Gasteiger partial charge < -0.3 is 10.1 Å². The first-order chi connectivity index (χ1) is 12.0. The molecule has 1 aliphatic rings. The van der Waals surface area contributed by atoms with E-state index >= 15 is 0 Å². The Morgan fingerprint density at radius 3 is 2.92 bits per heavy atom. The number of carbonyl (C=O) groups excluding carboxylic acids is 1. The van der Waals surface area contributed by atoms with Crippen LogP contribution in [0.4, 0.5) is 4.39 Å². The largest absolute Gasteiger partial charge is 0.481 e. The highest BCUT2D eigenvalue weighted by molar-refractivity contribution is 5.80. The monoisotopic (exact) mass is 345 g/mol. The second-order valence-electron chi connectivity index (χ2n) is 6.13. The second-order valence-corrected chi connectivity index (χ2v) is 6.13. The third kappa shape index (κ3) is 4.65. The van der Waals surface area contributed by atoms with E-state index in [-0.39, 0.29) is 18.0 Å². The quantitative estimate of drug-likeness (QED) is 0.831. The number of ether oxygens (including phenoxy) is 1. The van der Waals surface area contributed by atoms with Crippen LogP contribution in [0.5, 0.6) is 5.75 Å². The maximum absolute atomic E-state index is 13.1. The van der Waals surface area contributed by atoms with E-state index < -0.39 is 11.9 Å². The van der Waals surface area contributed by atoms with Crippen molar-refractivity contribution in [2.75, 3.05) is 6.54 Å². The maximum atomic E-state index is 13.1. The van der Waals surface area contributed by atoms with Crippen molar-refractivity contribution in [1.82, 2.24) is 14.9 Å². The van der Waals surface area contributed by atoms with Gasteiger partial charge >= 0.3 is 0 Å². The molecule has 6 nitrogen and oxygen atoms in total. The summed E-state index contributed by atoms with van der Waals surface area (Å²) in [5.74, 6) is -0.0342. The third-order valence-corrected chi connectivity index (χ3v) is 4.03. The molecule has 7 heteroatoms. The zero-order chi connectivity index (χ0) is 17.8.